The predicted molar refractivity (Wildman–Crippen MR) is 175 cm³/mol. The van der Waals surface area contributed by atoms with E-state index in [1.54, 1.807) is 0 Å². The molecule has 46 heavy (non-hydrogen) atoms. The summed E-state index contributed by atoms with van der Waals surface area (Å²) in [5, 5.41) is 0. The monoisotopic (exact) mass is 619 g/mol. The van der Waals surface area contributed by atoms with E-state index in [-0.39, 0.29) is 24.8 Å². The summed E-state index contributed by atoms with van der Waals surface area (Å²) in [7, 11) is 4.20. The Morgan fingerprint density at radius 3 is 1.87 bits per heavy atom. The minimum Gasteiger partial charge on any atom is -0.459 e. The molecule has 0 aliphatic carbocycles. The fraction of sp³-hybridized carbons (Fsp3) is 0.342. The zero-order valence-corrected chi connectivity index (χ0v) is 27.0. The quantitative estimate of drug-likeness (QED) is 0.222. The van der Waals surface area contributed by atoms with Crippen molar-refractivity contribution in [3.05, 3.63) is 131 Å². The molecule has 8 heteroatoms. The first-order chi connectivity index (χ1) is 22.2. The fourth-order valence-electron chi connectivity index (χ4n) is 7.30. The molecule has 0 radical (unpaired) electrons. The lowest BCUT2D eigenvalue weighted by molar-refractivity contribution is -0.264. The third kappa shape index (κ3) is 5.25. The number of rotatable bonds is 6. The highest BCUT2D eigenvalue weighted by molar-refractivity contribution is 5.78. The van der Waals surface area contributed by atoms with Crippen molar-refractivity contribution in [1.82, 2.24) is 14.7 Å². The van der Waals surface area contributed by atoms with E-state index in [1.807, 2.05) is 69.3 Å². The van der Waals surface area contributed by atoms with E-state index in [2.05, 4.69) is 89.5 Å². The molecule has 1 spiro atoms. The maximum absolute atomic E-state index is 14.5. The number of likely N-dealkylation sites (N-methyl/N-ethyl adjacent to an activating group) is 2. The molecular formula is C38H41N3O5. The van der Waals surface area contributed by atoms with E-state index in [1.165, 1.54) is 0 Å². The molecule has 4 aromatic carbocycles. The van der Waals surface area contributed by atoms with Gasteiger partial charge in [-0.05, 0) is 69.3 Å². The van der Waals surface area contributed by atoms with Crippen LogP contribution in [-0.4, -0.2) is 59.2 Å². The van der Waals surface area contributed by atoms with Gasteiger partial charge in [-0.1, -0.05) is 97.1 Å². The van der Waals surface area contributed by atoms with Crippen LogP contribution < -0.4 is 9.47 Å². The van der Waals surface area contributed by atoms with Crippen LogP contribution in [0.15, 0.2) is 109 Å². The summed E-state index contributed by atoms with van der Waals surface area (Å²) >= 11 is 0. The largest absolute Gasteiger partial charge is 0.459 e. The summed E-state index contributed by atoms with van der Waals surface area (Å²) in [6.07, 6.45) is -0.677. The minimum absolute atomic E-state index is 0.0957. The Morgan fingerprint density at radius 1 is 0.761 bits per heavy atom. The van der Waals surface area contributed by atoms with Gasteiger partial charge < -0.3 is 18.9 Å². The smallest absolute Gasteiger partial charge is 0.327 e. The van der Waals surface area contributed by atoms with Gasteiger partial charge in [0.25, 0.3) is 0 Å². The van der Waals surface area contributed by atoms with Gasteiger partial charge in [-0.15, -0.1) is 0 Å². The van der Waals surface area contributed by atoms with Gasteiger partial charge in [0.1, 0.15) is 17.7 Å². The van der Waals surface area contributed by atoms with Crippen molar-refractivity contribution < 1.29 is 23.7 Å². The molecule has 238 valence electrons. The van der Waals surface area contributed by atoms with Gasteiger partial charge in [0.15, 0.2) is 11.5 Å². The third-order valence-electron chi connectivity index (χ3n) is 9.19. The Hall–Kier alpha value is -4.21. The van der Waals surface area contributed by atoms with Crippen molar-refractivity contribution in [3.63, 3.8) is 0 Å². The number of ether oxygens (including phenoxy) is 4. The second-order valence-electron chi connectivity index (χ2n) is 13.2. The van der Waals surface area contributed by atoms with Gasteiger partial charge in [-0.25, -0.2) is 14.7 Å². The number of benzene rings is 4. The van der Waals surface area contributed by atoms with Gasteiger partial charge in [0, 0.05) is 6.54 Å². The molecule has 0 amide bonds. The number of nitrogens with zero attached hydrogens (tertiary/aromatic N) is 3. The summed E-state index contributed by atoms with van der Waals surface area (Å²) in [5.74, 6) is -0.171. The molecule has 7 rings (SSSR count). The highest BCUT2D eigenvalue weighted by Gasteiger charge is 2.68. The zero-order chi connectivity index (χ0) is 32.1. The van der Waals surface area contributed by atoms with E-state index in [9.17, 15) is 4.79 Å². The molecule has 3 aliphatic heterocycles. The van der Waals surface area contributed by atoms with Crippen molar-refractivity contribution in [3.8, 4) is 11.5 Å². The molecule has 3 aliphatic rings. The maximum Gasteiger partial charge on any atom is 0.327 e. The first-order valence-electron chi connectivity index (χ1n) is 15.8. The SMILES string of the molecule is CN1[C@@H](c2ccccc2)[C@H](c2ccccc2)N(C)C12OC(c1ccc3c(c1)OCO3)C(C(=O)OC(C)(C)C)N2Cc1ccccc1. The average molecular weight is 620 g/mol. The van der Waals surface area contributed by atoms with Crippen molar-refractivity contribution in [2.45, 2.75) is 63.1 Å². The Bertz CT molecular complexity index is 1630. The van der Waals surface area contributed by atoms with Gasteiger partial charge in [0.05, 0.1) is 12.1 Å². The van der Waals surface area contributed by atoms with Crippen molar-refractivity contribution in [2.24, 2.45) is 0 Å². The molecule has 0 aromatic heterocycles. The molecule has 3 heterocycles. The van der Waals surface area contributed by atoms with Crippen LogP contribution >= 0.6 is 0 Å². The van der Waals surface area contributed by atoms with E-state index >= 15 is 0 Å². The lowest BCUT2D eigenvalue weighted by Gasteiger charge is -2.44. The van der Waals surface area contributed by atoms with Crippen LogP contribution in [0.1, 0.15) is 61.2 Å². The van der Waals surface area contributed by atoms with Crippen LogP contribution in [0.4, 0.5) is 0 Å². The molecular weight excluding hydrogens is 578 g/mol. The number of hydrogen-bond acceptors (Lipinski definition) is 8. The predicted octanol–water partition coefficient (Wildman–Crippen LogP) is 6.67. The summed E-state index contributed by atoms with van der Waals surface area (Å²) in [4.78, 5) is 21.3. The number of hydrogen-bond donors (Lipinski definition) is 0. The first kappa shape index (κ1) is 30.4. The van der Waals surface area contributed by atoms with E-state index in [4.69, 9.17) is 18.9 Å². The molecule has 4 aromatic rings. The average Bonchev–Trinajstić information content (AvgIpc) is 3.72. The Balaban J connectivity index is 1.43. The Kier molecular flexibility index (Phi) is 7.85. The standard InChI is InChI=1S/C38H41N3O5/c1-37(2,3)46-36(42)34-35(29-21-22-30-31(23-29)44-25-43-30)45-38(41(34)24-26-15-9-6-10-16-26)39(4)32(27-17-11-7-12-18-27)33(40(38)5)28-19-13-8-14-20-28/h6-23,32-35H,24-25H2,1-5H3/t32-,33-,34?,35?/m0/s1. The van der Waals surface area contributed by atoms with Crippen LogP contribution in [0, 0.1) is 0 Å². The molecule has 2 unspecified atom stereocenters. The molecule has 0 saturated carbocycles. The molecule has 2 saturated heterocycles. The fourth-order valence-corrected chi connectivity index (χ4v) is 7.30. The number of esters is 1. The van der Waals surface area contributed by atoms with Crippen LogP contribution in [0.3, 0.4) is 0 Å². The van der Waals surface area contributed by atoms with Crippen molar-refractivity contribution >= 4 is 5.97 Å². The summed E-state index contributed by atoms with van der Waals surface area (Å²) in [6.45, 7) is 6.31. The Morgan fingerprint density at radius 2 is 1.30 bits per heavy atom. The van der Waals surface area contributed by atoms with Gasteiger partial charge in [-0.2, -0.15) is 0 Å². The van der Waals surface area contributed by atoms with E-state index in [0.29, 0.717) is 18.0 Å². The third-order valence-corrected chi connectivity index (χ3v) is 9.19. The van der Waals surface area contributed by atoms with Crippen LogP contribution in [0.5, 0.6) is 11.5 Å². The second kappa shape index (κ2) is 11.9. The Labute approximate surface area is 271 Å². The highest BCUT2D eigenvalue weighted by atomic mass is 16.7. The molecule has 4 atom stereocenters. The van der Waals surface area contributed by atoms with E-state index < -0.39 is 23.7 Å². The number of carbonyl (C=O) groups is 1. The molecule has 2 fully saturated rings. The minimum atomic E-state index is -1.14. The topological polar surface area (TPSA) is 63.7 Å². The van der Waals surface area contributed by atoms with Crippen LogP contribution in [0.25, 0.3) is 0 Å². The van der Waals surface area contributed by atoms with Gasteiger partial charge in [-0.3, -0.25) is 4.79 Å². The van der Waals surface area contributed by atoms with Crippen LogP contribution in [-0.2, 0) is 20.8 Å². The summed E-state index contributed by atoms with van der Waals surface area (Å²) < 4.78 is 25.0. The number of carbonyl (C=O) groups excluding carboxylic acids is 1. The zero-order valence-electron chi connectivity index (χ0n) is 27.0. The molecule has 8 nitrogen and oxygen atoms in total. The van der Waals surface area contributed by atoms with E-state index in [0.717, 1.165) is 22.3 Å². The summed E-state index contributed by atoms with van der Waals surface area (Å²) in [5.41, 5.74) is 3.50. The van der Waals surface area contributed by atoms with Gasteiger partial charge in [0.2, 0.25) is 12.8 Å². The lowest BCUT2D eigenvalue weighted by Crippen LogP contribution is -2.63. The molecule has 0 bridgehead atoms. The normalized spacial score (nSPS) is 24.5. The highest BCUT2D eigenvalue weighted by Crippen LogP contribution is 2.58. The summed E-state index contributed by atoms with van der Waals surface area (Å²) in [6, 6.07) is 36.1. The first-order valence-corrected chi connectivity index (χ1v) is 15.8. The van der Waals surface area contributed by atoms with Crippen molar-refractivity contribution in [2.75, 3.05) is 20.9 Å². The number of fused-ring (bicyclic) bond motifs is 1. The van der Waals surface area contributed by atoms with Gasteiger partial charge >= 0.3 is 5.97 Å². The van der Waals surface area contributed by atoms with Crippen LogP contribution in [0.2, 0.25) is 0 Å². The lowest BCUT2D eigenvalue weighted by atomic mass is 9.93. The van der Waals surface area contributed by atoms with Crippen molar-refractivity contribution in [1.29, 1.82) is 0 Å². The second-order valence-corrected chi connectivity index (χ2v) is 13.2. The maximum atomic E-state index is 14.5. The molecule has 0 N–H and O–H groups in total.